The maximum Gasteiger partial charge on any atom is 0.191 e. The molecule has 1 heterocycles. The average Bonchev–Trinajstić information content (AvgIpc) is 2.94. The molecule has 0 aliphatic heterocycles. The zero-order valence-corrected chi connectivity index (χ0v) is 14.0. The van der Waals surface area contributed by atoms with E-state index < -0.39 is 0 Å². The summed E-state index contributed by atoms with van der Waals surface area (Å²) in [4.78, 5) is 9.71. The van der Waals surface area contributed by atoms with Crippen LogP contribution in [0.1, 0.15) is 15.4 Å². The van der Waals surface area contributed by atoms with Crippen molar-refractivity contribution in [2.75, 3.05) is 20.2 Å². The van der Waals surface area contributed by atoms with Gasteiger partial charge in [-0.3, -0.25) is 4.99 Å². The lowest BCUT2D eigenvalue weighted by atomic mass is 10.2. The summed E-state index contributed by atoms with van der Waals surface area (Å²) in [7, 11) is 1.75. The van der Waals surface area contributed by atoms with Crippen LogP contribution in [0.2, 0.25) is 0 Å². The first-order chi connectivity index (χ1) is 10.7. The Labute approximate surface area is 135 Å². The highest BCUT2D eigenvalue weighted by Gasteiger charge is 2.01. The summed E-state index contributed by atoms with van der Waals surface area (Å²) in [6.45, 7) is 6.06. The number of hydrogen-bond acceptors (Lipinski definition) is 4. The Morgan fingerprint density at radius 3 is 2.64 bits per heavy atom. The smallest absolute Gasteiger partial charge is 0.191 e. The van der Waals surface area contributed by atoms with E-state index in [0.717, 1.165) is 16.7 Å². The van der Waals surface area contributed by atoms with Crippen molar-refractivity contribution >= 4 is 17.3 Å². The van der Waals surface area contributed by atoms with Crippen LogP contribution in [0.25, 0.3) is 0 Å². The molecule has 0 saturated carbocycles. The van der Waals surface area contributed by atoms with E-state index >= 15 is 0 Å². The lowest BCUT2D eigenvalue weighted by Gasteiger charge is -2.11. The van der Waals surface area contributed by atoms with Crippen molar-refractivity contribution in [3.8, 4) is 5.75 Å². The van der Waals surface area contributed by atoms with Gasteiger partial charge in [0.05, 0.1) is 13.1 Å². The molecule has 0 bridgehead atoms. The molecule has 5 nitrogen and oxygen atoms in total. The number of aromatic nitrogens is 1. The molecule has 6 heteroatoms. The van der Waals surface area contributed by atoms with Gasteiger partial charge in [0.25, 0.3) is 0 Å². The first-order valence-corrected chi connectivity index (χ1v) is 8.04. The number of rotatable bonds is 6. The molecule has 1 aromatic carbocycles. The fourth-order valence-corrected chi connectivity index (χ4v) is 2.56. The van der Waals surface area contributed by atoms with E-state index in [4.69, 9.17) is 4.74 Å². The van der Waals surface area contributed by atoms with Gasteiger partial charge in [-0.15, -0.1) is 11.3 Å². The van der Waals surface area contributed by atoms with E-state index in [-0.39, 0.29) is 0 Å². The van der Waals surface area contributed by atoms with Crippen LogP contribution in [0.15, 0.2) is 35.5 Å². The third-order valence-corrected chi connectivity index (χ3v) is 3.90. The van der Waals surface area contributed by atoms with Gasteiger partial charge in [-0.2, -0.15) is 0 Å². The van der Waals surface area contributed by atoms with Crippen LogP contribution < -0.4 is 15.4 Å². The number of benzene rings is 1. The van der Waals surface area contributed by atoms with E-state index in [1.165, 1.54) is 10.4 Å². The van der Waals surface area contributed by atoms with Gasteiger partial charge in [-0.1, -0.05) is 17.7 Å². The number of guanidine groups is 1. The monoisotopic (exact) mass is 318 g/mol. The quantitative estimate of drug-likeness (QED) is 0.488. The molecule has 2 rings (SSSR count). The standard InChI is InChI=1S/C16H22N4OS/c1-12-4-6-14(7-5-12)21-9-8-18-16(17-3)20-11-15-19-10-13(2)22-15/h4-7,10H,8-9,11H2,1-3H3,(H2,17,18,20). The lowest BCUT2D eigenvalue weighted by molar-refractivity contribution is 0.322. The number of ether oxygens (including phenoxy) is 1. The molecule has 1 aromatic heterocycles. The van der Waals surface area contributed by atoms with Crippen molar-refractivity contribution in [1.82, 2.24) is 15.6 Å². The number of aryl methyl sites for hydroxylation is 2. The SMILES string of the molecule is CN=C(NCCOc1ccc(C)cc1)NCc1ncc(C)s1. The van der Waals surface area contributed by atoms with Crippen LogP contribution in [-0.2, 0) is 6.54 Å². The van der Waals surface area contributed by atoms with Crippen LogP contribution >= 0.6 is 11.3 Å². The molecule has 0 aliphatic carbocycles. The minimum atomic E-state index is 0.583. The zero-order chi connectivity index (χ0) is 15.8. The third kappa shape index (κ3) is 5.37. The molecular weight excluding hydrogens is 296 g/mol. The summed E-state index contributed by atoms with van der Waals surface area (Å²) in [5, 5.41) is 7.51. The van der Waals surface area contributed by atoms with Crippen LogP contribution in [0.3, 0.4) is 0 Å². The summed E-state index contributed by atoms with van der Waals surface area (Å²) in [5.41, 5.74) is 1.23. The minimum Gasteiger partial charge on any atom is -0.492 e. The van der Waals surface area contributed by atoms with Crippen molar-refractivity contribution in [2.24, 2.45) is 4.99 Å². The normalized spacial score (nSPS) is 11.3. The maximum atomic E-state index is 5.67. The number of aliphatic imine (C=N–C) groups is 1. The Kier molecular flexibility index (Phi) is 6.21. The van der Waals surface area contributed by atoms with Crippen molar-refractivity contribution < 1.29 is 4.74 Å². The summed E-state index contributed by atoms with van der Waals surface area (Å²) < 4.78 is 5.67. The van der Waals surface area contributed by atoms with Gasteiger partial charge in [0, 0.05) is 18.1 Å². The minimum absolute atomic E-state index is 0.583. The van der Waals surface area contributed by atoms with Gasteiger partial charge >= 0.3 is 0 Å². The van der Waals surface area contributed by atoms with E-state index in [2.05, 4.69) is 34.5 Å². The maximum absolute atomic E-state index is 5.67. The Hall–Kier alpha value is -2.08. The third-order valence-electron chi connectivity index (χ3n) is 2.98. The van der Waals surface area contributed by atoms with Crippen molar-refractivity contribution in [1.29, 1.82) is 0 Å². The van der Waals surface area contributed by atoms with E-state index in [9.17, 15) is 0 Å². The molecule has 0 atom stereocenters. The Bertz CT molecular complexity index is 607. The van der Waals surface area contributed by atoms with Crippen molar-refractivity contribution in [3.05, 3.63) is 45.9 Å². The van der Waals surface area contributed by atoms with E-state index in [1.54, 1.807) is 18.4 Å². The van der Waals surface area contributed by atoms with Gasteiger partial charge in [-0.25, -0.2) is 4.98 Å². The molecule has 0 fully saturated rings. The molecule has 2 aromatic rings. The summed E-state index contributed by atoms with van der Waals surface area (Å²) in [5.74, 6) is 1.63. The van der Waals surface area contributed by atoms with Crippen molar-refractivity contribution in [2.45, 2.75) is 20.4 Å². The molecular formula is C16H22N4OS. The lowest BCUT2D eigenvalue weighted by Crippen LogP contribution is -2.38. The number of nitrogens with zero attached hydrogens (tertiary/aromatic N) is 2. The summed E-state index contributed by atoms with van der Waals surface area (Å²) in [6, 6.07) is 8.04. The first-order valence-electron chi connectivity index (χ1n) is 7.22. The molecule has 0 aliphatic rings. The second-order valence-corrected chi connectivity index (χ2v) is 6.20. The Morgan fingerprint density at radius 2 is 2.00 bits per heavy atom. The van der Waals surface area contributed by atoms with Gasteiger partial charge in [0.2, 0.25) is 0 Å². The Balaban J connectivity index is 1.67. The van der Waals surface area contributed by atoms with Crippen LogP contribution in [0.5, 0.6) is 5.75 Å². The largest absolute Gasteiger partial charge is 0.492 e. The predicted molar refractivity (Wildman–Crippen MR) is 91.7 cm³/mol. The molecule has 22 heavy (non-hydrogen) atoms. The van der Waals surface area contributed by atoms with Gasteiger partial charge in [0.15, 0.2) is 5.96 Å². The van der Waals surface area contributed by atoms with Crippen LogP contribution in [-0.4, -0.2) is 31.1 Å². The fraction of sp³-hybridized carbons (Fsp3) is 0.375. The zero-order valence-electron chi connectivity index (χ0n) is 13.2. The van der Waals surface area contributed by atoms with Gasteiger partial charge in [0.1, 0.15) is 17.4 Å². The highest BCUT2D eigenvalue weighted by Crippen LogP contribution is 2.11. The van der Waals surface area contributed by atoms with Crippen molar-refractivity contribution in [3.63, 3.8) is 0 Å². The summed E-state index contributed by atoms with van der Waals surface area (Å²) in [6.07, 6.45) is 1.88. The van der Waals surface area contributed by atoms with Crippen LogP contribution in [0.4, 0.5) is 0 Å². The fourth-order valence-electron chi connectivity index (χ4n) is 1.84. The van der Waals surface area contributed by atoms with Gasteiger partial charge in [-0.05, 0) is 26.0 Å². The average molecular weight is 318 g/mol. The molecule has 0 unspecified atom stereocenters. The Morgan fingerprint density at radius 1 is 1.23 bits per heavy atom. The van der Waals surface area contributed by atoms with E-state index in [1.807, 2.05) is 30.5 Å². The molecule has 0 radical (unpaired) electrons. The van der Waals surface area contributed by atoms with Gasteiger partial charge < -0.3 is 15.4 Å². The molecule has 0 spiro atoms. The molecule has 0 amide bonds. The van der Waals surface area contributed by atoms with Crippen LogP contribution in [0, 0.1) is 13.8 Å². The molecule has 0 saturated heterocycles. The highest BCUT2D eigenvalue weighted by atomic mass is 32.1. The predicted octanol–water partition coefficient (Wildman–Crippen LogP) is 2.50. The highest BCUT2D eigenvalue weighted by molar-refractivity contribution is 7.11. The molecule has 2 N–H and O–H groups in total. The number of nitrogens with one attached hydrogen (secondary N) is 2. The topological polar surface area (TPSA) is 58.5 Å². The molecule has 118 valence electrons. The second-order valence-electron chi connectivity index (χ2n) is 4.88. The second kappa shape index (κ2) is 8.38. The number of thiazole rings is 1. The number of hydrogen-bond donors (Lipinski definition) is 2. The summed E-state index contributed by atoms with van der Waals surface area (Å²) >= 11 is 1.69. The van der Waals surface area contributed by atoms with E-state index in [0.29, 0.717) is 19.7 Å². The first kappa shape index (κ1) is 16.3.